The Hall–Kier alpha value is -1.15. The zero-order chi connectivity index (χ0) is 22.4. The van der Waals surface area contributed by atoms with E-state index in [0.717, 1.165) is 43.5 Å². The van der Waals surface area contributed by atoms with Crippen molar-refractivity contribution in [3.05, 3.63) is 34.9 Å². The lowest BCUT2D eigenvalue weighted by Crippen LogP contribution is -2.44. The van der Waals surface area contributed by atoms with E-state index in [-0.39, 0.29) is 17.6 Å². The van der Waals surface area contributed by atoms with Crippen LogP contribution in [0.15, 0.2) is 24.3 Å². The Balaban J connectivity index is 1.36. The van der Waals surface area contributed by atoms with Crippen molar-refractivity contribution in [2.75, 3.05) is 39.3 Å². The van der Waals surface area contributed by atoms with Crippen LogP contribution in [0.5, 0.6) is 0 Å². The summed E-state index contributed by atoms with van der Waals surface area (Å²) in [5.74, 6) is 1.43. The highest BCUT2D eigenvalue weighted by atomic mass is 35.5. The van der Waals surface area contributed by atoms with Crippen LogP contribution >= 0.6 is 11.6 Å². The molecule has 2 atom stereocenters. The molecule has 6 nitrogen and oxygen atoms in total. The molecule has 1 aromatic carbocycles. The molecule has 0 bridgehead atoms. The topological polar surface area (TPSA) is 69.7 Å². The van der Waals surface area contributed by atoms with Gasteiger partial charge in [-0.2, -0.15) is 0 Å². The Morgan fingerprint density at radius 2 is 1.71 bits per heavy atom. The summed E-state index contributed by atoms with van der Waals surface area (Å²) in [6.07, 6.45) is 3.42. The Morgan fingerprint density at radius 1 is 1.10 bits per heavy atom. The van der Waals surface area contributed by atoms with Crippen LogP contribution in [0.2, 0.25) is 5.02 Å². The number of carbonyl (C=O) groups is 1. The summed E-state index contributed by atoms with van der Waals surface area (Å²) < 4.78 is 26.9. The van der Waals surface area contributed by atoms with E-state index in [2.05, 4.69) is 24.1 Å². The van der Waals surface area contributed by atoms with Crippen molar-refractivity contribution in [1.82, 2.24) is 14.5 Å². The predicted molar refractivity (Wildman–Crippen MR) is 125 cm³/mol. The van der Waals surface area contributed by atoms with Gasteiger partial charge in [-0.15, -0.1) is 0 Å². The first kappa shape index (κ1) is 24.5. The maximum Gasteiger partial charge on any atom is 0.223 e. The van der Waals surface area contributed by atoms with E-state index >= 15 is 0 Å². The first-order valence-corrected chi connectivity index (χ1v) is 13.4. The normalized spacial score (nSPS) is 24.2. The van der Waals surface area contributed by atoms with Crippen molar-refractivity contribution < 1.29 is 13.2 Å². The van der Waals surface area contributed by atoms with Crippen LogP contribution in [0.4, 0.5) is 0 Å². The minimum absolute atomic E-state index is 0.0330. The second kappa shape index (κ2) is 11.1. The van der Waals surface area contributed by atoms with Gasteiger partial charge >= 0.3 is 0 Å². The lowest BCUT2D eigenvalue weighted by Gasteiger charge is -2.35. The number of benzene rings is 1. The molecule has 1 amide bonds. The summed E-state index contributed by atoms with van der Waals surface area (Å²) in [5, 5.41) is 3.66. The molecular formula is C23H36ClN3O3S. The molecule has 2 aliphatic rings. The van der Waals surface area contributed by atoms with Crippen molar-refractivity contribution in [3.63, 3.8) is 0 Å². The van der Waals surface area contributed by atoms with E-state index < -0.39 is 10.0 Å². The number of sulfonamides is 1. The Labute approximate surface area is 192 Å². The number of rotatable bonds is 8. The second-order valence-electron chi connectivity index (χ2n) is 9.41. The van der Waals surface area contributed by atoms with Crippen molar-refractivity contribution in [3.8, 4) is 0 Å². The van der Waals surface area contributed by atoms with Crippen LogP contribution in [0.25, 0.3) is 0 Å². The number of likely N-dealkylation sites (tertiary alicyclic amines) is 1. The van der Waals surface area contributed by atoms with E-state index in [4.69, 9.17) is 11.6 Å². The van der Waals surface area contributed by atoms with Crippen LogP contribution in [0.3, 0.4) is 0 Å². The molecule has 174 valence electrons. The molecule has 0 radical (unpaired) electrons. The molecule has 1 N–H and O–H groups in total. The number of carbonyl (C=O) groups excluding carboxylic acids is 1. The Bertz CT molecular complexity index is 813. The summed E-state index contributed by atoms with van der Waals surface area (Å²) >= 11 is 5.87. The molecule has 2 unspecified atom stereocenters. The molecular weight excluding hydrogens is 434 g/mol. The SMILES string of the molecule is CC1CC(C)CN(CCCNC(=O)C2CCN(S(=O)(=O)Cc3ccc(Cl)cc3)CC2)C1. The maximum atomic E-state index is 12.7. The van der Waals surface area contributed by atoms with Gasteiger partial charge in [-0.05, 0) is 61.8 Å². The standard InChI is InChI=1S/C23H36ClN3O3S/c1-18-14-19(2)16-26(15-18)11-3-10-25-23(28)21-8-12-27(13-9-21)31(29,30)17-20-4-6-22(24)7-5-20/h4-7,18-19,21H,3,8-17H2,1-2H3,(H,25,28). The smallest absolute Gasteiger partial charge is 0.223 e. The number of halogens is 1. The third-order valence-electron chi connectivity index (χ3n) is 6.38. The van der Waals surface area contributed by atoms with Gasteiger partial charge in [0.05, 0.1) is 5.75 Å². The summed E-state index contributed by atoms with van der Waals surface area (Å²) in [6, 6.07) is 6.89. The lowest BCUT2D eigenvalue weighted by molar-refractivity contribution is -0.126. The van der Waals surface area contributed by atoms with E-state index in [1.54, 1.807) is 24.3 Å². The molecule has 0 saturated carbocycles. The van der Waals surface area contributed by atoms with E-state index in [1.807, 2.05) is 0 Å². The minimum Gasteiger partial charge on any atom is -0.356 e. The fourth-order valence-electron chi connectivity index (χ4n) is 4.91. The van der Waals surface area contributed by atoms with Crippen molar-refractivity contribution in [1.29, 1.82) is 0 Å². The molecule has 2 heterocycles. The molecule has 0 spiro atoms. The van der Waals surface area contributed by atoms with Crippen LogP contribution in [0.1, 0.15) is 45.1 Å². The summed E-state index contributed by atoms with van der Waals surface area (Å²) in [7, 11) is -3.39. The number of nitrogens with zero attached hydrogens (tertiary/aromatic N) is 2. The zero-order valence-corrected chi connectivity index (χ0v) is 20.3. The quantitative estimate of drug-likeness (QED) is 0.592. The van der Waals surface area contributed by atoms with Crippen molar-refractivity contribution >= 4 is 27.5 Å². The summed E-state index contributed by atoms with van der Waals surface area (Å²) in [5.41, 5.74) is 0.724. The van der Waals surface area contributed by atoms with Crippen LogP contribution < -0.4 is 5.32 Å². The fraction of sp³-hybridized carbons (Fsp3) is 0.696. The maximum absolute atomic E-state index is 12.7. The number of amides is 1. The number of piperidine rings is 2. The predicted octanol–water partition coefficient (Wildman–Crippen LogP) is 3.37. The fourth-order valence-corrected chi connectivity index (χ4v) is 6.60. The monoisotopic (exact) mass is 469 g/mol. The average Bonchev–Trinajstić information content (AvgIpc) is 2.72. The van der Waals surface area contributed by atoms with Gasteiger partial charge in [-0.25, -0.2) is 12.7 Å². The molecule has 1 aromatic rings. The Kier molecular flexibility index (Phi) is 8.79. The summed E-state index contributed by atoms with van der Waals surface area (Å²) in [4.78, 5) is 15.0. The molecule has 0 aliphatic carbocycles. The van der Waals surface area contributed by atoms with Gasteiger partial charge in [-0.3, -0.25) is 4.79 Å². The molecule has 31 heavy (non-hydrogen) atoms. The van der Waals surface area contributed by atoms with Gasteiger partial charge in [0, 0.05) is 43.7 Å². The molecule has 0 aromatic heterocycles. The highest BCUT2D eigenvalue weighted by molar-refractivity contribution is 7.88. The molecule has 8 heteroatoms. The summed E-state index contributed by atoms with van der Waals surface area (Å²) in [6.45, 7) is 9.44. The van der Waals surface area contributed by atoms with Gasteiger partial charge in [0.25, 0.3) is 0 Å². The zero-order valence-electron chi connectivity index (χ0n) is 18.7. The number of hydrogen-bond acceptors (Lipinski definition) is 4. The third-order valence-corrected chi connectivity index (χ3v) is 8.48. The van der Waals surface area contributed by atoms with E-state index in [0.29, 0.717) is 37.5 Å². The number of nitrogens with one attached hydrogen (secondary N) is 1. The molecule has 2 saturated heterocycles. The molecule has 3 rings (SSSR count). The first-order chi connectivity index (χ1) is 14.7. The van der Waals surface area contributed by atoms with Gasteiger partial charge in [0.2, 0.25) is 15.9 Å². The van der Waals surface area contributed by atoms with Crippen LogP contribution in [-0.4, -0.2) is 62.8 Å². The van der Waals surface area contributed by atoms with Gasteiger partial charge < -0.3 is 10.2 Å². The molecule has 2 fully saturated rings. The van der Waals surface area contributed by atoms with Gasteiger partial charge in [0.1, 0.15) is 0 Å². The minimum atomic E-state index is -3.39. The second-order valence-corrected chi connectivity index (χ2v) is 11.8. The molecule has 2 aliphatic heterocycles. The van der Waals surface area contributed by atoms with Crippen LogP contribution in [-0.2, 0) is 20.6 Å². The van der Waals surface area contributed by atoms with Gasteiger partial charge in [0.15, 0.2) is 0 Å². The highest BCUT2D eigenvalue weighted by Gasteiger charge is 2.31. The van der Waals surface area contributed by atoms with Crippen LogP contribution in [0, 0.1) is 17.8 Å². The lowest BCUT2D eigenvalue weighted by atomic mass is 9.92. The van der Waals surface area contributed by atoms with Gasteiger partial charge in [-0.1, -0.05) is 37.6 Å². The van der Waals surface area contributed by atoms with E-state index in [9.17, 15) is 13.2 Å². The number of hydrogen-bond donors (Lipinski definition) is 1. The van der Waals surface area contributed by atoms with E-state index in [1.165, 1.54) is 10.7 Å². The first-order valence-electron chi connectivity index (χ1n) is 11.5. The Morgan fingerprint density at radius 3 is 2.32 bits per heavy atom. The highest BCUT2D eigenvalue weighted by Crippen LogP contribution is 2.23. The van der Waals surface area contributed by atoms with Crippen molar-refractivity contribution in [2.24, 2.45) is 17.8 Å². The van der Waals surface area contributed by atoms with Crippen molar-refractivity contribution in [2.45, 2.75) is 45.3 Å². The third kappa shape index (κ3) is 7.45. The largest absolute Gasteiger partial charge is 0.356 e. The average molecular weight is 470 g/mol.